The molecule has 0 fully saturated rings. The van der Waals surface area contributed by atoms with E-state index >= 15 is 0 Å². The zero-order valence-corrected chi connectivity index (χ0v) is 15.8. The van der Waals surface area contributed by atoms with Crippen LogP contribution in [0.4, 0.5) is 5.82 Å². The summed E-state index contributed by atoms with van der Waals surface area (Å²) in [7, 11) is 1.78. The molecule has 2 heterocycles. The molecule has 3 rings (SSSR count). The molecule has 8 heteroatoms. The number of carbonyl (C=O) groups is 2. The molecule has 1 aromatic carbocycles. The predicted molar refractivity (Wildman–Crippen MR) is 110 cm³/mol. The SMILES string of the molecule is CN(CCCNc1nc2cc(C(N)=O)ccc2c2cnccc12)C(=O)CCN. The van der Waals surface area contributed by atoms with E-state index in [-0.39, 0.29) is 5.91 Å². The molecule has 0 atom stereocenters. The molecule has 0 aliphatic carbocycles. The standard InChI is InChI=1S/C20H24N6O2/c1-26(18(27)5-7-21)10-2-8-24-20-15-6-9-23-12-16(15)14-4-3-13(19(22)28)11-17(14)25-20/h3-4,6,9,11-12H,2,5,7-8,10,21H2,1H3,(H2,22,28)(H,24,25). The zero-order chi connectivity index (χ0) is 20.1. The fourth-order valence-corrected chi connectivity index (χ4v) is 3.10. The lowest BCUT2D eigenvalue weighted by Crippen LogP contribution is -2.30. The normalized spacial score (nSPS) is 10.9. The van der Waals surface area contributed by atoms with Crippen molar-refractivity contribution in [3.63, 3.8) is 0 Å². The number of fused-ring (bicyclic) bond motifs is 3. The average molecular weight is 380 g/mol. The Morgan fingerprint density at radius 2 is 2.00 bits per heavy atom. The number of pyridine rings is 2. The first-order valence-corrected chi connectivity index (χ1v) is 9.16. The second-order valence-electron chi connectivity index (χ2n) is 6.61. The molecule has 0 bridgehead atoms. The van der Waals surface area contributed by atoms with Crippen molar-refractivity contribution < 1.29 is 9.59 Å². The van der Waals surface area contributed by atoms with Crippen LogP contribution >= 0.6 is 0 Å². The van der Waals surface area contributed by atoms with E-state index < -0.39 is 5.91 Å². The number of amides is 2. The van der Waals surface area contributed by atoms with E-state index in [4.69, 9.17) is 11.5 Å². The lowest BCUT2D eigenvalue weighted by atomic mass is 10.1. The Hall–Kier alpha value is -3.26. The molecule has 0 unspecified atom stereocenters. The number of rotatable bonds is 8. The van der Waals surface area contributed by atoms with Crippen LogP contribution in [0.25, 0.3) is 21.7 Å². The molecule has 0 spiro atoms. The second-order valence-corrected chi connectivity index (χ2v) is 6.61. The minimum absolute atomic E-state index is 0.0434. The van der Waals surface area contributed by atoms with Crippen LogP contribution in [0.3, 0.4) is 0 Å². The van der Waals surface area contributed by atoms with Gasteiger partial charge in [0.2, 0.25) is 11.8 Å². The van der Waals surface area contributed by atoms with E-state index in [1.807, 2.05) is 12.1 Å². The molecule has 5 N–H and O–H groups in total. The molecule has 0 saturated carbocycles. The third-order valence-electron chi connectivity index (χ3n) is 4.63. The van der Waals surface area contributed by atoms with Gasteiger partial charge in [-0.15, -0.1) is 0 Å². The second kappa shape index (κ2) is 8.62. The fraction of sp³-hybridized carbons (Fsp3) is 0.300. The Morgan fingerprint density at radius 1 is 1.18 bits per heavy atom. The first kappa shape index (κ1) is 19.5. The highest BCUT2D eigenvalue weighted by atomic mass is 16.2. The Bertz CT molecular complexity index is 1020. The van der Waals surface area contributed by atoms with Crippen LogP contribution in [0.1, 0.15) is 23.2 Å². The molecule has 2 amide bonds. The van der Waals surface area contributed by atoms with Gasteiger partial charge in [-0.05, 0) is 24.6 Å². The topological polar surface area (TPSA) is 127 Å². The van der Waals surface area contributed by atoms with Crippen LogP contribution in [-0.4, -0.2) is 53.4 Å². The quantitative estimate of drug-likeness (QED) is 0.401. The molecule has 2 aromatic heterocycles. The summed E-state index contributed by atoms with van der Waals surface area (Å²) >= 11 is 0. The first-order valence-electron chi connectivity index (χ1n) is 9.16. The maximum absolute atomic E-state index is 11.8. The highest BCUT2D eigenvalue weighted by Gasteiger charge is 2.11. The number of nitrogens with two attached hydrogens (primary N) is 2. The summed E-state index contributed by atoms with van der Waals surface area (Å²) in [4.78, 5) is 33.9. The molecule has 8 nitrogen and oxygen atoms in total. The first-order chi connectivity index (χ1) is 13.5. The smallest absolute Gasteiger partial charge is 0.248 e. The van der Waals surface area contributed by atoms with Crippen molar-refractivity contribution in [2.75, 3.05) is 32.0 Å². The summed E-state index contributed by atoms with van der Waals surface area (Å²) in [5.41, 5.74) is 11.9. The number of anilines is 1. The van der Waals surface area contributed by atoms with Gasteiger partial charge < -0.3 is 21.7 Å². The number of nitrogens with one attached hydrogen (secondary N) is 1. The number of aromatic nitrogens is 2. The van der Waals surface area contributed by atoms with Gasteiger partial charge in [-0.3, -0.25) is 14.6 Å². The summed E-state index contributed by atoms with van der Waals surface area (Å²) in [6.07, 6.45) is 4.63. The molecule has 0 radical (unpaired) electrons. The average Bonchev–Trinajstić information content (AvgIpc) is 2.70. The number of hydrogen-bond donors (Lipinski definition) is 3. The van der Waals surface area contributed by atoms with Crippen LogP contribution in [0.5, 0.6) is 0 Å². The lowest BCUT2D eigenvalue weighted by Gasteiger charge is -2.17. The van der Waals surface area contributed by atoms with Gasteiger partial charge in [-0.2, -0.15) is 0 Å². The van der Waals surface area contributed by atoms with Crippen LogP contribution < -0.4 is 16.8 Å². The van der Waals surface area contributed by atoms with E-state index in [0.717, 1.165) is 22.6 Å². The molecular formula is C20H24N6O2. The Labute approximate surface area is 162 Å². The van der Waals surface area contributed by atoms with E-state index in [9.17, 15) is 9.59 Å². The molecule has 3 aromatic rings. The minimum Gasteiger partial charge on any atom is -0.369 e. The predicted octanol–water partition coefficient (Wildman–Crippen LogP) is 1.49. The third kappa shape index (κ3) is 4.17. The van der Waals surface area contributed by atoms with Crippen LogP contribution in [0, 0.1) is 0 Å². The maximum atomic E-state index is 11.8. The number of nitrogens with zero attached hydrogens (tertiary/aromatic N) is 3. The van der Waals surface area contributed by atoms with E-state index in [0.29, 0.717) is 43.0 Å². The minimum atomic E-state index is -0.491. The number of benzene rings is 1. The van der Waals surface area contributed by atoms with Crippen LogP contribution in [0.15, 0.2) is 36.7 Å². The van der Waals surface area contributed by atoms with Crippen molar-refractivity contribution in [2.24, 2.45) is 11.5 Å². The van der Waals surface area contributed by atoms with Crippen molar-refractivity contribution in [2.45, 2.75) is 12.8 Å². The highest BCUT2D eigenvalue weighted by Crippen LogP contribution is 2.29. The summed E-state index contributed by atoms with van der Waals surface area (Å²) in [5.74, 6) is 0.263. The molecule has 28 heavy (non-hydrogen) atoms. The summed E-state index contributed by atoms with van der Waals surface area (Å²) in [6.45, 7) is 1.63. The van der Waals surface area contributed by atoms with Gasteiger partial charge in [-0.25, -0.2) is 4.98 Å². The van der Waals surface area contributed by atoms with Gasteiger partial charge in [-0.1, -0.05) is 6.07 Å². The van der Waals surface area contributed by atoms with Crippen LogP contribution in [-0.2, 0) is 4.79 Å². The third-order valence-corrected chi connectivity index (χ3v) is 4.63. The van der Waals surface area contributed by atoms with E-state index in [1.54, 1.807) is 36.5 Å². The largest absolute Gasteiger partial charge is 0.369 e. The summed E-state index contributed by atoms with van der Waals surface area (Å²) in [6, 6.07) is 7.13. The van der Waals surface area contributed by atoms with Gasteiger partial charge >= 0.3 is 0 Å². The molecule has 146 valence electrons. The van der Waals surface area contributed by atoms with Crippen molar-refractivity contribution in [1.29, 1.82) is 0 Å². The molecule has 0 aliphatic rings. The zero-order valence-electron chi connectivity index (χ0n) is 15.8. The van der Waals surface area contributed by atoms with Crippen molar-refractivity contribution in [3.8, 4) is 0 Å². The lowest BCUT2D eigenvalue weighted by molar-refractivity contribution is -0.129. The van der Waals surface area contributed by atoms with Crippen molar-refractivity contribution in [3.05, 3.63) is 42.2 Å². The molecule has 0 aliphatic heterocycles. The van der Waals surface area contributed by atoms with Crippen molar-refractivity contribution in [1.82, 2.24) is 14.9 Å². The van der Waals surface area contributed by atoms with E-state index in [2.05, 4.69) is 15.3 Å². The Balaban J connectivity index is 1.81. The van der Waals surface area contributed by atoms with Gasteiger partial charge in [0.05, 0.1) is 5.52 Å². The summed E-state index contributed by atoms with van der Waals surface area (Å²) < 4.78 is 0. The number of hydrogen-bond acceptors (Lipinski definition) is 6. The summed E-state index contributed by atoms with van der Waals surface area (Å²) in [5, 5.41) is 6.14. The van der Waals surface area contributed by atoms with Crippen LogP contribution in [0.2, 0.25) is 0 Å². The number of carbonyl (C=O) groups excluding carboxylic acids is 2. The monoisotopic (exact) mass is 380 g/mol. The van der Waals surface area contributed by atoms with Crippen molar-refractivity contribution >= 4 is 39.3 Å². The van der Waals surface area contributed by atoms with Gasteiger partial charge in [0.25, 0.3) is 0 Å². The Morgan fingerprint density at radius 3 is 2.75 bits per heavy atom. The maximum Gasteiger partial charge on any atom is 0.248 e. The molecular weight excluding hydrogens is 356 g/mol. The highest BCUT2D eigenvalue weighted by molar-refractivity contribution is 6.11. The van der Waals surface area contributed by atoms with Gasteiger partial charge in [0.1, 0.15) is 5.82 Å². The van der Waals surface area contributed by atoms with E-state index in [1.165, 1.54) is 0 Å². The Kier molecular flexibility index (Phi) is 6.00. The number of primary amides is 1. The fourth-order valence-electron chi connectivity index (χ4n) is 3.10. The van der Waals surface area contributed by atoms with Gasteiger partial charge in [0, 0.05) is 67.2 Å². The molecule has 0 saturated heterocycles. The van der Waals surface area contributed by atoms with Gasteiger partial charge in [0.15, 0.2) is 0 Å².